The molecule has 88 valence electrons. The Balaban J connectivity index is 1.95. The maximum Gasteiger partial charge on any atom is 0.355 e. The molecule has 2 rings (SSSR count). The monoisotopic (exact) mass is 240 g/mol. The van der Waals surface area contributed by atoms with Crippen molar-refractivity contribution in [2.75, 3.05) is 11.9 Å². The average molecular weight is 240 g/mol. The fraction of sp³-hybridized carbons (Fsp3) is 0.636. The summed E-state index contributed by atoms with van der Waals surface area (Å²) >= 11 is 1.41. The summed E-state index contributed by atoms with van der Waals surface area (Å²) in [5.74, 6) is -0.265. The van der Waals surface area contributed by atoms with Crippen LogP contribution in [0.5, 0.6) is 0 Å². The van der Waals surface area contributed by atoms with E-state index in [1.807, 2.05) is 0 Å². The summed E-state index contributed by atoms with van der Waals surface area (Å²) in [4.78, 5) is 15.6. The van der Waals surface area contributed by atoms with Crippen LogP contribution in [0.4, 0.5) is 5.13 Å². The van der Waals surface area contributed by atoms with E-state index in [-0.39, 0.29) is 5.69 Å². The van der Waals surface area contributed by atoms with Gasteiger partial charge in [-0.25, -0.2) is 9.78 Å². The van der Waals surface area contributed by atoms with Crippen molar-refractivity contribution in [3.63, 3.8) is 0 Å². The number of aryl methyl sites for hydroxylation is 1. The zero-order chi connectivity index (χ0) is 11.9. The number of thiazole rings is 1. The van der Waals surface area contributed by atoms with E-state index in [2.05, 4.69) is 24.1 Å². The Labute approximate surface area is 98.7 Å². The lowest BCUT2D eigenvalue weighted by atomic mass is 10.1. The van der Waals surface area contributed by atoms with Gasteiger partial charge in [-0.15, -0.1) is 11.3 Å². The second-order valence-corrected chi connectivity index (χ2v) is 6.20. The molecule has 0 spiro atoms. The van der Waals surface area contributed by atoms with Crippen molar-refractivity contribution in [2.24, 2.45) is 11.3 Å². The summed E-state index contributed by atoms with van der Waals surface area (Å²) in [6.07, 6.45) is 1.23. The minimum absolute atomic E-state index is 0.169. The van der Waals surface area contributed by atoms with Gasteiger partial charge in [0, 0.05) is 11.4 Å². The van der Waals surface area contributed by atoms with Crippen LogP contribution in [0.25, 0.3) is 0 Å². The molecule has 1 aromatic rings. The van der Waals surface area contributed by atoms with Gasteiger partial charge in [-0.2, -0.15) is 0 Å². The number of anilines is 1. The summed E-state index contributed by atoms with van der Waals surface area (Å²) in [5.41, 5.74) is 0.608. The largest absolute Gasteiger partial charge is 0.476 e. The zero-order valence-corrected chi connectivity index (χ0v) is 10.5. The first-order chi connectivity index (χ1) is 7.40. The number of carboxylic acids is 1. The number of hydrogen-bond donors (Lipinski definition) is 2. The van der Waals surface area contributed by atoms with Gasteiger partial charge in [0.25, 0.3) is 0 Å². The Bertz CT molecular complexity index is 426. The van der Waals surface area contributed by atoms with Gasteiger partial charge >= 0.3 is 5.97 Å². The predicted molar refractivity (Wildman–Crippen MR) is 64.2 cm³/mol. The average Bonchev–Trinajstić information content (AvgIpc) is 2.60. The zero-order valence-electron chi connectivity index (χ0n) is 9.70. The van der Waals surface area contributed by atoms with Gasteiger partial charge in [-0.3, -0.25) is 0 Å². The molecular formula is C11H16N2O2S. The van der Waals surface area contributed by atoms with E-state index in [4.69, 9.17) is 5.11 Å². The number of nitrogens with one attached hydrogen (secondary N) is 1. The molecule has 0 bridgehead atoms. The number of carboxylic acid groups (broad SMARTS) is 1. The van der Waals surface area contributed by atoms with E-state index in [1.165, 1.54) is 17.8 Å². The standard InChI is InChI=1S/C11H16N2O2S/c1-6-8(9(14)15)13-10(16-6)12-5-7-4-11(7,2)3/h7H,4-5H2,1-3H3,(H,12,13)(H,14,15). The van der Waals surface area contributed by atoms with Gasteiger partial charge in [0.15, 0.2) is 10.8 Å². The Morgan fingerprint density at radius 2 is 2.31 bits per heavy atom. The summed E-state index contributed by atoms with van der Waals surface area (Å²) in [6, 6.07) is 0. The van der Waals surface area contributed by atoms with Crippen molar-refractivity contribution in [1.82, 2.24) is 4.98 Å². The van der Waals surface area contributed by atoms with Gasteiger partial charge in [0.1, 0.15) is 0 Å². The van der Waals surface area contributed by atoms with E-state index in [1.54, 1.807) is 6.92 Å². The molecular weight excluding hydrogens is 224 g/mol. The molecule has 0 aliphatic heterocycles. The minimum Gasteiger partial charge on any atom is -0.476 e. The third kappa shape index (κ3) is 2.19. The molecule has 1 aliphatic carbocycles. The summed E-state index contributed by atoms with van der Waals surface area (Å²) in [5, 5.41) is 12.8. The van der Waals surface area contributed by atoms with Gasteiger partial charge in [-0.1, -0.05) is 13.8 Å². The van der Waals surface area contributed by atoms with E-state index < -0.39 is 5.97 Å². The molecule has 0 radical (unpaired) electrons. The first-order valence-electron chi connectivity index (χ1n) is 5.35. The Morgan fingerprint density at radius 3 is 2.75 bits per heavy atom. The van der Waals surface area contributed by atoms with Crippen molar-refractivity contribution >= 4 is 22.4 Å². The van der Waals surface area contributed by atoms with Gasteiger partial charge < -0.3 is 10.4 Å². The maximum absolute atomic E-state index is 10.8. The van der Waals surface area contributed by atoms with Crippen LogP contribution in [0.2, 0.25) is 0 Å². The Hall–Kier alpha value is -1.10. The number of aromatic nitrogens is 1. The lowest BCUT2D eigenvalue weighted by molar-refractivity contribution is 0.0690. The van der Waals surface area contributed by atoms with E-state index in [0.29, 0.717) is 11.3 Å². The second-order valence-electron chi connectivity index (χ2n) is 5.00. The third-order valence-corrected chi connectivity index (χ3v) is 4.14. The van der Waals surface area contributed by atoms with Crippen LogP contribution >= 0.6 is 11.3 Å². The van der Waals surface area contributed by atoms with Crippen LogP contribution in [0.3, 0.4) is 0 Å². The highest BCUT2D eigenvalue weighted by Gasteiger charge is 2.45. The molecule has 1 heterocycles. The fourth-order valence-electron chi connectivity index (χ4n) is 1.81. The first-order valence-corrected chi connectivity index (χ1v) is 6.16. The van der Waals surface area contributed by atoms with Gasteiger partial charge in [-0.05, 0) is 24.7 Å². The summed E-state index contributed by atoms with van der Waals surface area (Å²) in [7, 11) is 0. The van der Waals surface area contributed by atoms with E-state index in [0.717, 1.165) is 16.6 Å². The molecule has 1 atom stereocenters. The topological polar surface area (TPSA) is 62.2 Å². The molecule has 5 heteroatoms. The number of carbonyl (C=O) groups is 1. The molecule has 1 saturated carbocycles. The maximum atomic E-state index is 10.8. The number of aromatic carboxylic acids is 1. The van der Waals surface area contributed by atoms with Crippen LogP contribution in [0.1, 0.15) is 35.6 Å². The van der Waals surface area contributed by atoms with Crippen LogP contribution in [0.15, 0.2) is 0 Å². The molecule has 0 aromatic carbocycles. The van der Waals surface area contributed by atoms with Crippen molar-refractivity contribution < 1.29 is 9.90 Å². The van der Waals surface area contributed by atoms with Crippen LogP contribution in [-0.2, 0) is 0 Å². The third-order valence-electron chi connectivity index (χ3n) is 3.22. The molecule has 1 aromatic heterocycles. The predicted octanol–water partition coefficient (Wildman–Crippen LogP) is 2.61. The summed E-state index contributed by atoms with van der Waals surface area (Å²) in [6.45, 7) is 7.16. The highest BCUT2D eigenvalue weighted by atomic mass is 32.1. The van der Waals surface area contributed by atoms with Gasteiger partial charge in [0.05, 0.1) is 0 Å². The fourth-order valence-corrected chi connectivity index (χ4v) is 2.62. The van der Waals surface area contributed by atoms with Crippen LogP contribution in [-0.4, -0.2) is 22.6 Å². The number of nitrogens with zero attached hydrogens (tertiary/aromatic N) is 1. The molecule has 4 nitrogen and oxygen atoms in total. The summed E-state index contributed by atoms with van der Waals surface area (Å²) < 4.78 is 0. The van der Waals surface area contributed by atoms with E-state index in [9.17, 15) is 4.79 Å². The Kier molecular flexibility index (Phi) is 2.66. The SMILES string of the molecule is Cc1sc(NCC2CC2(C)C)nc1C(=O)O. The van der Waals surface area contributed by atoms with Gasteiger partial charge in [0.2, 0.25) is 0 Å². The second kappa shape index (κ2) is 3.73. The van der Waals surface area contributed by atoms with Crippen LogP contribution < -0.4 is 5.32 Å². The molecule has 16 heavy (non-hydrogen) atoms. The lowest BCUT2D eigenvalue weighted by Crippen LogP contribution is -2.07. The smallest absolute Gasteiger partial charge is 0.355 e. The van der Waals surface area contributed by atoms with Crippen LogP contribution in [0, 0.1) is 18.3 Å². The molecule has 2 N–H and O–H groups in total. The first kappa shape index (κ1) is 11.4. The quantitative estimate of drug-likeness (QED) is 0.849. The highest BCUT2D eigenvalue weighted by Crippen LogP contribution is 2.51. The van der Waals surface area contributed by atoms with Crippen molar-refractivity contribution in [2.45, 2.75) is 27.2 Å². The number of rotatable bonds is 4. The molecule has 1 aliphatic rings. The molecule has 1 unspecified atom stereocenters. The van der Waals surface area contributed by atoms with Crippen molar-refractivity contribution in [3.8, 4) is 0 Å². The van der Waals surface area contributed by atoms with Crippen molar-refractivity contribution in [1.29, 1.82) is 0 Å². The normalized spacial score (nSPS) is 21.8. The van der Waals surface area contributed by atoms with Crippen molar-refractivity contribution in [3.05, 3.63) is 10.6 Å². The van der Waals surface area contributed by atoms with E-state index >= 15 is 0 Å². The minimum atomic E-state index is -0.950. The Morgan fingerprint density at radius 1 is 1.69 bits per heavy atom. The molecule has 0 amide bonds. The number of hydrogen-bond acceptors (Lipinski definition) is 4. The molecule has 0 saturated heterocycles. The lowest BCUT2D eigenvalue weighted by Gasteiger charge is -2.03. The highest BCUT2D eigenvalue weighted by molar-refractivity contribution is 7.15. The molecule has 1 fully saturated rings.